The first-order valence-corrected chi connectivity index (χ1v) is 7.76. The van der Waals surface area contributed by atoms with Gasteiger partial charge in [0.25, 0.3) is 0 Å². The van der Waals surface area contributed by atoms with Crippen molar-refractivity contribution < 1.29 is 9.90 Å². The van der Waals surface area contributed by atoms with Crippen LogP contribution in [0, 0.1) is 23.2 Å². The second-order valence-electron chi connectivity index (χ2n) is 7.20. The quantitative estimate of drug-likeness (QED) is 0.727. The molecule has 2 bridgehead atoms. The van der Waals surface area contributed by atoms with E-state index >= 15 is 0 Å². The molecule has 0 aromatic rings. The van der Waals surface area contributed by atoms with Crippen molar-refractivity contribution in [2.45, 2.75) is 51.5 Å². The number of carbonyl (C=O) groups excluding carboxylic acids is 1. The minimum Gasteiger partial charge on any atom is -0.396 e. The van der Waals surface area contributed by atoms with E-state index in [9.17, 15) is 9.90 Å². The smallest absolute Gasteiger partial charge is 0.315 e. The number of hydrogen-bond acceptors (Lipinski definition) is 2. The van der Waals surface area contributed by atoms with Crippen molar-refractivity contribution in [1.29, 1.82) is 0 Å². The number of nitrogens with one attached hydrogen (secondary N) is 2. The summed E-state index contributed by atoms with van der Waals surface area (Å²) in [5, 5.41) is 15.7. The van der Waals surface area contributed by atoms with Crippen molar-refractivity contribution in [2.75, 3.05) is 13.2 Å². The number of hydrogen-bond donors (Lipinski definition) is 3. The molecule has 3 saturated carbocycles. The highest BCUT2D eigenvalue weighted by atomic mass is 16.3. The van der Waals surface area contributed by atoms with Crippen molar-refractivity contribution in [1.82, 2.24) is 10.6 Å². The molecule has 0 saturated heterocycles. The van der Waals surface area contributed by atoms with Crippen LogP contribution in [0.15, 0.2) is 0 Å². The summed E-state index contributed by atoms with van der Waals surface area (Å²) in [6, 6.07) is 0.155. The summed E-state index contributed by atoms with van der Waals surface area (Å²) in [7, 11) is 0. The van der Waals surface area contributed by atoms with E-state index in [0.29, 0.717) is 17.3 Å². The number of amides is 2. The maximum atomic E-state index is 12.0. The highest BCUT2D eigenvalue weighted by Crippen LogP contribution is 2.48. The Morgan fingerprint density at radius 3 is 2.68 bits per heavy atom. The number of aliphatic hydroxyl groups excluding tert-OH is 1. The zero-order chi connectivity index (χ0) is 13.5. The molecule has 3 N–H and O–H groups in total. The molecule has 0 heterocycles. The molecule has 3 rings (SSSR count). The van der Waals surface area contributed by atoms with Crippen LogP contribution < -0.4 is 10.6 Å². The van der Waals surface area contributed by atoms with Gasteiger partial charge in [-0.1, -0.05) is 13.3 Å². The lowest BCUT2D eigenvalue weighted by Gasteiger charge is -2.38. The van der Waals surface area contributed by atoms with E-state index in [1.54, 1.807) is 0 Å². The first-order chi connectivity index (χ1) is 9.11. The van der Waals surface area contributed by atoms with Gasteiger partial charge >= 0.3 is 6.03 Å². The Balaban J connectivity index is 1.49. The predicted molar refractivity (Wildman–Crippen MR) is 73.7 cm³/mol. The van der Waals surface area contributed by atoms with E-state index in [2.05, 4.69) is 17.6 Å². The predicted octanol–water partition coefficient (Wildman–Crippen LogP) is 1.88. The van der Waals surface area contributed by atoms with Crippen LogP contribution in [0.3, 0.4) is 0 Å². The van der Waals surface area contributed by atoms with Crippen LogP contribution in [0.1, 0.15) is 45.4 Å². The third kappa shape index (κ3) is 2.47. The van der Waals surface area contributed by atoms with E-state index in [1.165, 1.54) is 38.5 Å². The average Bonchev–Trinajstić information content (AvgIpc) is 2.94. The SMILES string of the molecule is CC1(CNC(=O)NC2C3CCC(C3)C2CO)CCC1. The van der Waals surface area contributed by atoms with Gasteiger partial charge in [0.2, 0.25) is 0 Å². The van der Waals surface area contributed by atoms with Crippen molar-refractivity contribution in [2.24, 2.45) is 23.2 Å². The normalized spacial score (nSPS) is 38.8. The number of fused-ring (bicyclic) bond motifs is 2. The highest BCUT2D eigenvalue weighted by molar-refractivity contribution is 5.74. The molecule has 3 aliphatic rings. The van der Waals surface area contributed by atoms with Gasteiger partial charge in [0.1, 0.15) is 0 Å². The van der Waals surface area contributed by atoms with Crippen LogP contribution >= 0.6 is 0 Å². The van der Waals surface area contributed by atoms with Crippen molar-refractivity contribution in [3.8, 4) is 0 Å². The number of rotatable bonds is 4. The van der Waals surface area contributed by atoms with Crippen LogP contribution in [-0.4, -0.2) is 30.3 Å². The van der Waals surface area contributed by atoms with Crippen LogP contribution in [0.25, 0.3) is 0 Å². The zero-order valence-electron chi connectivity index (χ0n) is 11.8. The van der Waals surface area contributed by atoms with E-state index in [-0.39, 0.29) is 24.6 Å². The van der Waals surface area contributed by atoms with Crippen LogP contribution in [0.4, 0.5) is 4.79 Å². The van der Waals surface area contributed by atoms with Crippen molar-refractivity contribution >= 4 is 6.03 Å². The van der Waals surface area contributed by atoms with Crippen molar-refractivity contribution in [3.63, 3.8) is 0 Å². The third-order valence-electron chi connectivity index (χ3n) is 5.83. The topological polar surface area (TPSA) is 61.4 Å². The molecule has 0 spiro atoms. The Bertz CT molecular complexity index is 354. The minimum absolute atomic E-state index is 0.0378. The molecule has 108 valence electrons. The Morgan fingerprint density at radius 1 is 1.32 bits per heavy atom. The third-order valence-corrected chi connectivity index (χ3v) is 5.83. The molecular formula is C15H26N2O2. The largest absolute Gasteiger partial charge is 0.396 e. The molecule has 4 unspecified atom stereocenters. The van der Waals surface area contributed by atoms with Gasteiger partial charge in [0, 0.05) is 25.1 Å². The number of carbonyl (C=O) groups is 1. The molecule has 4 atom stereocenters. The Hall–Kier alpha value is -0.770. The molecule has 4 nitrogen and oxygen atoms in total. The van der Waals surface area contributed by atoms with Gasteiger partial charge in [0.05, 0.1) is 0 Å². The first kappa shape index (κ1) is 13.2. The summed E-state index contributed by atoms with van der Waals surface area (Å²) in [6.07, 6.45) is 7.37. The zero-order valence-corrected chi connectivity index (χ0v) is 11.8. The van der Waals surface area contributed by atoms with Gasteiger partial charge in [-0.15, -0.1) is 0 Å². The second-order valence-corrected chi connectivity index (χ2v) is 7.20. The average molecular weight is 266 g/mol. The molecule has 0 aromatic carbocycles. The van der Waals surface area contributed by atoms with E-state index < -0.39 is 0 Å². The summed E-state index contributed by atoms with van der Waals surface area (Å²) >= 11 is 0. The molecule has 3 aliphatic carbocycles. The first-order valence-electron chi connectivity index (χ1n) is 7.76. The van der Waals surface area contributed by atoms with Crippen LogP contribution in [0.2, 0.25) is 0 Å². The molecular weight excluding hydrogens is 240 g/mol. The van der Waals surface area contributed by atoms with Gasteiger partial charge in [0.15, 0.2) is 0 Å². The molecule has 4 heteroatoms. The molecule has 2 amide bonds. The number of urea groups is 1. The summed E-state index contributed by atoms with van der Waals surface area (Å²) in [5.41, 5.74) is 0.322. The molecule has 19 heavy (non-hydrogen) atoms. The van der Waals surface area contributed by atoms with Crippen molar-refractivity contribution in [3.05, 3.63) is 0 Å². The molecule has 0 radical (unpaired) electrons. The van der Waals surface area contributed by atoms with Gasteiger partial charge in [-0.25, -0.2) is 4.79 Å². The minimum atomic E-state index is -0.0378. The van der Waals surface area contributed by atoms with Gasteiger partial charge in [-0.3, -0.25) is 0 Å². The molecule has 0 aromatic heterocycles. The summed E-state index contributed by atoms with van der Waals surface area (Å²) in [5.74, 6) is 1.50. The number of aliphatic hydroxyl groups is 1. The van der Waals surface area contributed by atoms with E-state index in [4.69, 9.17) is 0 Å². The second kappa shape index (κ2) is 4.97. The molecule has 0 aliphatic heterocycles. The fourth-order valence-electron chi connectivity index (χ4n) is 4.35. The van der Waals surface area contributed by atoms with Gasteiger partial charge in [-0.05, 0) is 49.4 Å². The maximum Gasteiger partial charge on any atom is 0.315 e. The Kier molecular flexibility index (Phi) is 3.46. The van der Waals surface area contributed by atoms with Gasteiger partial charge in [-0.2, -0.15) is 0 Å². The van der Waals surface area contributed by atoms with E-state index in [0.717, 1.165) is 6.54 Å². The lowest BCUT2D eigenvalue weighted by atomic mass is 9.70. The fourth-order valence-corrected chi connectivity index (χ4v) is 4.35. The summed E-state index contributed by atoms with van der Waals surface area (Å²) in [6.45, 7) is 3.23. The lowest BCUT2D eigenvalue weighted by Crippen LogP contribution is -2.51. The standard InChI is InChI=1S/C15H26N2O2/c1-15(5-2-6-15)9-16-14(19)17-13-11-4-3-10(7-11)12(13)8-18/h10-13,18H,2-9H2,1H3,(H2,16,17,19). The maximum absolute atomic E-state index is 12.0. The monoisotopic (exact) mass is 266 g/mol. The van der Waals surface area contributed by atoms with Gasteiger partial charge < -0.3 is 15.7 Å². The Labute approximate surface area is 115 Å². The van der Waals surface area contributed by atoms with Crippen LogP contribution in [-0.2, 0) is 0 Å². The lowest BCUT2D eigenvalue weighted by molar-refractivity contribution is 0.138. The van der Waals surface area contributed by atoms with Crippen LogP contribution in [0.5, 0.6) is 0 Å². The fraction of sp³-hybridized carbons (Fsp3) is 0.933. The highest BCUT2D eigenvalue weighted by Gasteiger charge is 2.47. The van der Waals surface area contributed by atoms with E-state index in [1.807, 2.05) is 0 Å². The molecule has 3 fully saturated rings. The summed E-state index contributed by atoms with van der Waals surface area (Å²) < 4.78 is 0. The Morgan fingerprint density at radius 2 is 2.05 bits per heavy atom. The summed E-state index contributed by atoms with van der Waals surface area (Å²) in [4.78, 5) is 12.0.